The number of aldehydes is 1. The second-order valence-electron chi connectivity index (χ2n) is 1.86. The molecule has 0 saturated heterocycles. The lowest BCUT2D eigenvalue weighted by Crippen LogP contribution is -1.95. The Hall–Kier alpha value is -0.830. The molecule has 3 nitrogen and oxygen atoms in total. The second-order valence-corrected chi connectivity index (χ2v) is 1.86. The first-order valence-electron chi connectivity index (χ1n) is 3.19. The van der Waals surface area contributed by atoms with E-state index in [1.165, 1.54) is 0 Å². The fourth-order valence-electron chi connectivity index (χ4n) is 0.451. The predicted octanol–water partition coefficient (Wildman–Crippen LogP) is 0.488. The van der Waals surface area contributed by atoms with Crippen LogP contribution in [0.25, 0.3) is 0 Å². The van der Waals surface area contributed by atoms with Crippen LogP contribution in [0.5, 0.6) is 0 Å². The molecule has 0 aromatic rings. The smallest absolute Gasteiger partial charge is 0.184 e. The van der Waals surface area contributed by atoms with Gasteiger partial charge in [0.05, 0.1) is 6.61 Å². The van der Waals surface area contributed by atoms with Crippen molar-refractivity contribution in [3.05, 3.63) is 12.3 Å². The van der Waals surface area contributed by atoms with Crippen molar-refractivity contribution in [3.8, 4) is 0 Å². The number of aliphatic hydroxyl groups excluding tert-OH is 1. The summed E-state index contributed by atoms with van der Waals surface area (Å²) in [5.41, 5.74) is 0. The molecule has 0 spiro atoms. The van der Waals surface area contributed by atoms with Crippen molar-refractivity contribution < 1.29 is 14.6 Å². The van der Waals surface area contributed by atoms with Crippen molar-refractivity contribution in [1.82, 2.24) is 0 Å². The fourth-order valence-corrected chi connectivity index (χ4v) is 0.451. The van der Waals surface area contributed by atoms with E-state index in [4.69, 9.17) is 9.84 Å². The maximum Gasteiger partial charge on any atom is 0.184 e. The van der Waals surface area contributed by atoms with Gasteiger partial charge in [-0.1, -0.05) is 6.58 Å². The standard InChI is InChI=1S/C7H12O3/c1-7(6-9)10-5-3-2-4-8/h6,8H,1-5H2. The topological polar surface area (TPSA) is 46.5 Å². The van der Waals surface area contributed by atoms with Crippen molar-refractivity contribution in [2.45, 2.75) is 12.8 Å². The van der Waals surface area contributed by atoms with Crippen molar-refractivity contribution >= 4 is 6.29 Å². The van der Waals surface area contributed by atoms with E-state index in [-0.39, 0.29) is 12.4 Å². The van der Waals surface area contributed by atoms with Gasteiger partial charge < -0.3 is 9.84 Å². The molecule has 0 bridgehead atoms. The Labute approximate surface area is 60.3 Å². The van der Waals surface area contributed by atoms with Crippen LogP contribution >= 0.6 is 0 Å². The highest BCUT2D eigenvalue weighted by atomic mass is 16.5. The molecule has 0 aliphatic carbocycles. The molecule has 0 atom stereocenters. The van der Waals surface area contributed by atoms with Gasteiger partial charge >= 0.3 is 0 Å². The normalized spacial score (nSPS) is 8.90. The van der Waals surface area contributed by atoms with Gasteiger partial charge in [-0.15, -0.1) is 0 Å². The van der Waals surface area contributed by atoms with E-state index >= 15 is 0 Å². The largest absolute Gasteiger partial charge is 0.491 e. The van der Waals surface area contributed by atoms with Crippen molar-refractivity contribution in [2.75, 3.05) is 13.2 Å². The van der Waals surface area contributed by atoms with Crippen LogP contribution in [0.3, 0.4) is 0 Å². The van der Waals surface area contributed by atoms with Crippen LogP contribution in [0.4, 0.5) is 0 Å². The molecule has 3 heteroatoms. The van der Waals surface area contributed by atoms with Crippen LogP contribution in [0.1, 0.15) is 12.8 Å². The molecular formula is C7H12O3. The Bertz CT molecular complexity index is 109. The summed E-state index contributed by atoms with van der Waals surface area (Å²) in [5, 5.41) is 8.34. The van der Waals surface area contributed by atoms with Gasteiger partial charge in [0.15, 0.2) is 12.0 Å². The first-order valence-corrected chi connectivity index (χ1v) is 3.19. The van der Waals surface area contributed by atoms with Crippen molar-refractivity contribution in [1.29, 1.82) is 0 Å². The van der Waals surface area contributed by atoms with E-state index < -0.39 is 0 Å². The molecule has 10 heavy (non-hydrogen) atoms. The maximum absolute atomic E-state index is 9.89. The third-order valence-corrected chi connectivity index (χ3v) is 0.971. The average molecular weight is 144 g/mol. The Morgan fingerprint density at radius 2 is 2.30 bits per heavy atom. The summed E-state index contributed by atoms with van der Waals surface area (Å²) in [6, 6.07) is 0. The van der Waals surface area contributed by atoms with Gasteiger partial charge in [0.1, 0.15) is 0 Å². The quantitative estimate of drug-likeness (QED) is 0.255. The summed E-state index contributed by atoms with van der Waals surface area (Å²) < 4.78 is 4.82. The van der Waals surface area contributed by atoms with Crippen LogP contribution in [0.15, 0.2) is 12.3 Å². The SMILES string of the molecule is C=C(C=O)OCCCCO. The Balaban J connectivity index is 3.03. The monoisotopic (exact) mass is 144 g/mol. The molecule has 0 rings (SSSR count). The molecule has 0 aromatic heterocycles. The van der Waals surface area contributed by atoms with Gasteiger partial charge in [0.25, 0.3) is 0 Å². The average Bonchev–Trinajstić information content (AvgIpc) is 1.98. The highest BCUT2D eigenvalue weighted by molar-refractivity contribution is 5.68. The van der Waals surface area contributed by atoms with Crippen LogP contribution in [0.2, 0.25) is 0 Å². The maximum atomic E-state index is 9.89. The summed E-state index contributed by atoms with van der Waals surface area (Å²) in [6.45, 7) is 3.94. The Kier molecular flexibility index (Phi) is 5.77. The van der Waals surface area contributed by atoms with E-state index in [1.54, 1.807) is 0 Å². The highest BCUT2D eigenvalue weighted by Crippen LogP contribution is 1.93. The Morgan fingerprint density at radius 3 is 2.80 bits per heavy atom. The molecule has 0 aromatic carbocycles. The van der Waals surface area contributed by atoms with E-state index in [0.717, 1.165) is 6.42 Å². The molecule has 0 aliphatic rings. The van der Waals surface area contributed by atoms with Gasteiger partial charge in [-0.3, -0.25) is 4.79 Å². The van der Waals surface area contributed by atoms with E-state index in [0.29, 0.717) is 19.3 Å². The summed E-state index contributed by atoms with van der Waals surface area (Å²) in [5.74, 6) is 0.151. The zero-order valence-electron chi connectivity index (χ0n) is 5.88. The number of unbranched alkanes of at least 4 members (excludes halogenated alkanes) is 1. The number of hydrogen-bond acceptors (Lipinski definition) is 3. The molecule has 0 fully saturated rings. The van der Waals surface area contributed by atoms with Crippen LogP contribution in [-0.4, -0.2) is 24.6 Å². The number of carbonyl (C=O) groups is 1. The van der Waals surface area contributed by atoms with Gasteiger partial charge in [-0.05, 0) is 12.8 Å². The lowest BCUT2D eigenvalue weighted by molar-refractivity contribution is -0.107. The minimum absolute atomic E-state index is 0.151. The number of rotatable bonds is 6. The number of allylic oxidation sites excluding steroid dienone is 1. The molecule has 0 aliphatic heterocycles. The molecular weight excluding hydrogens is 132 g/mol. The van der Waals surface area contributed by atoms with Crippen molar-refractivity contribution in [3.63, 3.8) is 0 Å². The third-order valence-electron chi connectivity index (χ3n) is 0.971. The molecule has 0 saturated carbocycles. The summed E-state index contributed by atoms with van der Waals surface area (Å²) in [4.78, 5) is 9.89. The summed E-state index contributed by atoms with van der Waals surface area (Å²) in [6.07, 6.45) is 2.02. The second kappa shape index (κ2) is 6.29. The minimum Gasteiger partial charge on any atom is -0.491 e. The van der Waals surface area contributed by atoms with Gasteiger partial charge in [0, 0.05) is 6.61 Å². The Morgan fingerprint density at radius 1 is 1.60 bits per heavy atom. The van der Waals surface area contributed by atoms with Gasteiger partial charge in [-0.2, -0.15) is 0 Å². The number of carbonyl (C=O) groups excluding carboxylic acids is 1. The van der Waals surface area contributed by atoms with Gasteiger partial charge in [0.2, 0.25) is 0 Å². The van der Waals surface area contributed by atoms with Crippen LogP contribution in [-0.2, 0) is 9.53 Å². The first kappa shape index (κ1) is 9.17. The predicted molar refractivity (Wildman–Crippen MR) is 37.5 cm³/mol. The van der Waals surface area contributed by atoms with E-state index in [9.17, 15) is 4.79 Å². The summed E-state index contributed by atoms with van der Waals surface area (Å²) in [7, 11) is 0. The van der Waals surface area contributed by atoms with Crippen molar-refractivity contribution in [2.24, 2.45) is 0 Å². The number of hydrogen-bond donors (Lipinski definition) is 1. The molecule has 0 radical (unpaired) electrons. The fraction of sp³-hybridized carbons (Fsp3) is 0.571. The lowest BCUT2D eigenvalue weighted by atomic mass is 10.3. The van der Waals surface area contributed by atoms with Gasteiger partial charge in [-0.25, -0.2) is 0 Å². The number of ether oxygens (including phenoxy) is 1. The number of aliphatic hydroxyl groups is 1. The molecule has 0 unspecified atom stereocenters. The highest BCUT2D eigenvalue weighted by Gasteiger charge is 1.90. The zero-order chi connectivity index (χ0) is 7.82. The molecule has 0 heterocycles. The van der Waals surface area contributed by atoms with Crippen LogP contribution < -0.4 is 0 Å². The third kappa shape index (κ3) is 5.31. The molecule has 0 amide bonds. The van der Waals surface area contributed by atoms with E-state index in [2.05, 4.69) is 6.58 Å². The summed E-state index contributed by atoms with van der Waals surface area (Å²) >= 11 is 0. The lowest BCUT2D eigenvalue weighted by Gasteiger charge is -2.01. The minimum atomic E-state index is 0.151. The first-order chi connectivity index (χ1) is 4.81. The van der Waals surface area contributed by atoms with E-state index in [1.807, 2.05) is 0 Å². The molecule has 58 valence electrons. The zero-order valence-corrected chi connectivity index (χ0v) is 5.88. The van der Waals surface area contributed by atoms with Crippen LogP contribution in [0, 0.1) is 0 Å². The molecule has 1 N–H and O–H groups in total.